The van der Waals surface area contributed by atoms with Crippen LogP contribution in [0.5, 0.6) is 0 Å². The van der Waals surface area contributed by atoms with Gasteiger partial charge in [0.25, 0.3) is 0 Å². The number of nitrogens with zero attached hydrogens (tertiary/aromatic N) is 4. The molecule has 1 rings (SSSR count). The van der Waals surface area contributed by atoms with Crippen LogP contribution >= 0.6 is 0 Å². The molecule has 4 nitrogen and oxygen atoms in total. The zero-order valence-corrected chi connectivity index (χ0v) is 10.7. The Hall–Kier alpha value is -1.78. The minimum absolute atomic E-state index is 0.247. The van der Waals surface area contributed by atoms with Crippen molar-refractivity contribution in [2.75, 3.05) is 33.7 Å². The standard InChI is InChI=1S/C13H18N4/c1-4-5-17-9-12(8-16(2)3)13(10-17)11(6-14)7-15/h8H,4-5,9-10H2,1-3H3. The van der Waals surface area contributed by atoms with Gasteiger partial charge in [0.1, 0.15) is 17.7 Å². The molecule has 0 aromatic carbocycles. The largest absolute Gasteiger partial charge is 0.383 e. The molecule has 0 saturated carbocycles. The van der Waals surface area contributed by atoms with E-state index in [0.29, 0.717) is 6.54 Å². The van der Waals surface area contributed by atoms with Crippen molar-refractivity contribution < 1.29 is 0 Å². The maximum atomic E-state index is 8.96. The van der Waals surface area contributed by atoms with E-state index in [1.54, 1.807) is 0 Å². The smallest absolute Gasteiger partial charge is 0.134 e. The van der Waals surface area contributed by atoms with Gasteiger partial charge in [0.2, 0.25) is 0 Å². The molecule has 0 amide bonds. The highest BCUT2D eigenvalue weighted by Crippen LogP contribution is 2.25. The predicted molar refractivity (Wildman–Crippen MR) is 66.8 cm³/mol. The fourth-order valence-electron chi connectivity index (χ4n) is 2.02. The summed E-state index contributed by atoms with van der Waals surface area (Å²) in [4.78, 5) is 4.22. The molecule has 0 aromatic heterocycles. The normalized spacial score (nSPS) is 17.9. The number of hydrogen-bond donors (Lipinski definition) is 0. The van der Waals surface area contributed by atoms with Crippen LogP contribution in [0.4, 0.5) is 0 Å². The van der Waals surface area contributed by atoms with Crippen LogP contribution in [0.25, 0.3) is 0 Å². The van der Waals surface area contributed by atoms with Gasteiger partial charge in [-0.05, 0) is 18.5 Å². The molecule has 0 spiro atoms. The van der Waals surface area contributed by atoms with Gasteiger partial charge in [0.05, 0.1) is 0 Å². The van der Waals surface area contributed by atoms with Crippen LogP contribution in [0.3, 0.4) is 0 Å². The molecule has 0 aromatic rings. The lowest BCUT2D eigenvalue weighted by molar-refractivity contribution is 0.354. The molecule has 1 heterocycles. The average Bonchev–Trinajstić information content (AvgIpc) is 2.63. The summed E-state index contributed by atoms with van der Waals surface area (Å²) < 4.78 is 0. The molecule has 0 atom stereocenters. The lowest BCUT2D eigenvalue weighted by Gasteiger charge is -2.11. The van der Waals surface area contributed by atoms with E-state index >= 15 is 0 Å². The van der Waals surface area contributed by atoms with Crippen LogP contribution in [0.2, 0.25) is 0 Å². The Morgan fingerprint density at radius 1 is 1.35 bits per heavy atom. The third-order valence-corrected chi connectivity index (χ3v) is 2.64. The number of nitriles is 2. The molecule has 1 fully saturated rings. The molecular formula is C13H18N4. The third kappa shape index (κ3) is 3.34. The first-order chi connectivity index (χ1) is 8.12. The van der Waals surface area contributed by atoms with Crippen LogP contribution in [0, 0.1) is 22.7 Å². The third-order valence-electron chi connectivity index (χ3n) is 2.64. The minimum atomic E-state index is 0.247. The molecule has 1 saturated heterocycles. The highest BCUT2D eigenvalue weighted by atomic mass is 15.1. The number of likely N-dealkylation sites (tertiary alicyclic amines) is 1. The second kappa shape index (κ2) is 6.08. The molecule has 4 heteroatoms. The van der Waals surface area contributed by atoms with Crippen molar-refractivity contribution in [2.24, 2.45) is 0 Å². The first kappa shape index (κ1) is 13.3. The highest BCUT2D eigenvalue weighted by molar-refractivity contribution is 5.52. The topological polar surface area (TPSA) is 54.1 Å². The van der Waals surface area contributed by atoms with Gasteiger partial charge in [-0.3, -0.25) is 4.90 Å². The molecule has 1 aliphatic rings. The maximum Gasteiger partial charge on any atom is 0.134 e. The Labute approximate surface area is 103 Å². The second-order valence-electron chi connectivity index (χ2n) is 4.41. The Morgan fingerprint density at radius 3 is 2.47 bits per heavy atom. The van der Waals surface area contributed by atoms with Crippen LogP contribution < -0.4 is 0 Å². The van der Waals surface area contributed by atoms with E-state index in [1.165, 1.54) is 0 Å². The molecular weight excluding hydrogens is 212 g/mol. The molecule has 1 aliphatic heterocycles. The van der Waals surface area contributed by atoms with Gasteiger partial charge in [-0.2, -0.15) is 10.5 Å². The van der Waals surface area contributed by atoms with Gasteiger partial charge in [-0.1, -0.05) is 6.92 Å². The zero-order valence-electron chi connectivity index (χ0n) is 10.7. The van der Waals surface area contributed by atoms with Crippen LogP contribution in [0.15, 0.2) is 22.9 Å². The lowest BCUT2D eigenvalue weighted by atomic mass is 10.1. The molecule has 17 heavy (non-hydrogen) atoms. The van der Waals surface area contributed by atoms with E-state index in [0.717, 1.165) is 30.7 Å². The van der Waals surface area contributed by atoms with E-state index in [-0.39, 0.29) is 5.57 Å². The summed E-state index contributed by atoms with van der Waals surface area (Å²) in [6.45, 7) is 4.67. The number of rotatable bonds is 3. The van der Waals surface area contributed by atoms with Gasteiger partial charge in [0, 0.05) is 39.0 Å². The summed E-state index contributed by atoms with van der Waals surface area (Å²) in [5.41, 5.74) is 2.22. The maximum absolute atomic E-state index is 8.96. The summed E-state index contributed by atoms with van der Waals surface area (Å²) >= 11 is 0. The SMILES string of the molecule is CCCN1CC(=CN(C)C)C(=C(C#N)C#N)C1. The summed E-state index contributed by atoms with van der Waals surface area (Å²) in [7, 11) is 3.90. The van der Waals surface area contributed by atoms with E-state index in [2.05, 4.69) is 11.8 Å². The number of allylic oxidation sites excluding steroid dienone is 1. The average molecular weight is 230 g/mol. The Morgan fingerprint density at radius 2 is 2.00 bits per heavy atom. The van der Waals surface area contributed by atoms with Crippen molar-refractivity contribution in [3.05, 3.63) is 22.9 Å². The van der Waals surface area contributed by atoms with Gasteiger partial charge in [-0.15, -0.1) is 0 Å². The van der Waals surface area contributed by atoms with Crippen molar-refractivity contribution >= 4 is 0 Å². The molecule has 0 unspecified atom stereocenters. The van der Waals surface area contributed by atoms with Crippen LogP contribution in [0.1, 0.15) is 13.3 Å². The van der Waals surface area contributed by atoms with Crippen LogP contribution in [-0.2, 0) is 0 Å². The van der Waals surface area contributed by atoms with Crippen molar-refractivity contribution in [3.8, 4) is 12.1 Å². The van der Waals surface area contributed by atoms with Crippen LogP contribution in [-0.4, -0.2) is 43.5 Å². The number of hydrogen-bond acceptors (Lipinski definition) is 4. The molecule has 0 bridgehead atoms. The summed E-state index contributed by atoms with van der Waals surface area (Å²) in [6.07, 6.45) is 3.08. The second-order valence-corrected chi connectivity index (χ2v) is 4.41. The lowest BCUT2D eigenvalue weighted by Crippen LogP contribution is -2.20. The van der Waals surface area contributed by atoms with Crippen molar-refractivity contribution in [3.63, 3.8) is 0 Å². The zero-order chi connectivity index (χ0) is 12.8. The van der Waals surface area contributed by atoms with Crippen molar-refractivity contribution in [1.29, 1.82) is 10.5 Å². The summed E-state index contributed by atoms with van der Waals surface area (Å²) in [5.74, 6) is 0. The fraction of sp³-hybridized carbons (Fsp3) is 0.538. The molecule has 0 N–H and O–H groups in total. The predicted octanol–water partition coefficient (Wildman–Crippen LogP) is 1.50. The molecule has 90 valence electrons. The summed E-state index contributed by atoms with van der Waals surface area (Å²) in [5, 5.41) is 17.9. The highest BCUT2D eigenvalue weighted by Gasteiger charge is 2.24. The molecule has 0 radical (unpaired) electrons. The van der Waals surface area contributed by atoms with Gasteiger partial charge >= 0.3 is 0 Å². The van der Waals surface area contributed by atoms with Crippen molar-refractivity contribution in [2.45, 2.75) is 13.3 Å². The van der Waals surface area contributed by atoms with Gasteiger partial charge < -0.3 is 4.90 Å². The van der Waals surface area contributed by atoms with E-state index < -0.39 is 0 Å². The minimum Gasteiger partial charge on any atom is -0.383 e. The first-order valence-corrected chi connectivity index (χ1v) is 5.75. The quantitative estimate of drug-likeness (QED) is 0.689. The monoisotopic (exact) mass is 230 g/mol. The Balaban J connectivity index is 3.06. The molecule has 0 aliphatic carbocycles. The fourth-order valence-corrected chi connectivity index (χ4v) is 2.02. The van der Waals surface area contributed by atoms with E-state index in [4.69, 9.17) is 10.5 Å². The first-order valence-electron chi connectivity index (χ1n) is 5.75. The summed E-state index contributed by atoms with van der Waals surface area (Å²) in [6, 6.07) is 3.98. The van der Waals surface area contributed by atoms with Crippen molar-refractivity contribution in [1.82, 2.24) is 9.80 Å². The Bertz CT molecular complexity index is 402. The van der Waals surface area contributed by atoms with E-state index in [1.807, 2.05) is 37.3 Å². The van der Waals surface area contributed by atoms with E-state index in [9.17, 15) is 0 Å². The van der Waals surface area contributed by atoms with Gasteiger partial charge in [-0.25, -0.2) is 0 Å². The Kier molecular flexibility index (Phi) is 4.75. The van der Waals surface area contributed by atoms with Gasteiger partial charge in [0.15, 0.2) is 0 Å².